The summed E-state index contributed by atoms with van der Waals surface area (Å²) >= 11 is 0.812. The first kappa shape index (κ1) is 18.9. The van der Waals surface area contributed by atoms with Crippen molar-refractivity contribution in [3.05, 3.63) is 70.1 Å². The molecule has 5 nitrogen and oxygen atoms in total. The van der Waals surface area contributed by atoms with E-state index in [1.54, 1.807) is 30.3 Å². The Morgan fingerprint density at radius 2 is 1.81 bits per heavy atom. The summed E-state index contributed by atoms with van der Waals surface area (Å²) in [6.07, 6.45) is 2.47. The van der Waals surface area contributed by atoms with E-state index in [1.807, 2.05) is 12.1 Å². The molecule has 1 N–H and O–H groups in total. The maximum absolute atomic E-state index is 12.7. The third kappa shape index (κ3) is 3.80. The lowest BCUT2D eigenvalue weighted by Gasteiger charge is -2.14. The summed E-state index contributed by atoms with van der Waals surface area (Å²) in [4.78, 5) is 37.8. The number of thioether (sulfide) groups is 1. The van der Waals surface area contributed by atoms with Crippen LogP contribution in [0.25, 0.3) is 6.08 Å². The van der Waals surface area contributed by atoms with Gasteiger partial charge in [-0.3, -0.25) is 9.59 Å². The zero-order valence-electron chi connectivity index (χ0n) is 15.0. The van der Waals surface area contributed by atoms with Crippen LogP contribution in [-0.4, -0.2) is 22.2 Å². The molecule has 2 amide bonds. The lowest BCUT2D eigenvalue weighted by Crippen LogP contribution is -2.27. The highest BCUT2D eigenvalue weighted by Gasteiger charge is 2.36. The number of hydrogen-bond donors (Lipinski definition) is 1. The van der Waals surface area contributed by atoms with Crippen LogP contribution in [0.1, 0.15) is 47.7 Å². The van der Waals surface area contributed by atoms with Crippen LogP contribution in [-0.2, 0) is 4.79 Å². The van der Waals surface area contributed by atoms with Gasteiger partial charge in [-0.1, -0.05) is 44.2 Å². The lowest BCUT2D eigenvalue weighted by atomic mass is 9.98. The summed E-state index contributed by atoms with van der Waals surface area (Å²) < 4.78 is 0. The van der Waals surface area contributed by atoms with Crippen molar-refractivity contribution in [1.29, 1.82) is 0 Å². The number of hydrogen-bond acceptors (Lipinski definition) is 4. The summed E-state index contributed by atoms with van der Waals surface area (Å²) in [6, 6.07) is 13.8. The zero-order valence-corrected chi connectivity index (χ0v) is 15.8. The first-order valence-electron chi connectivity index (χ1n) is 8.62. The number of carboxylic acids is 1. The van der Waals surface area contributed by atoms with E-state index in [0.717, 1.165) is 28.6 Å². The number of carboxylic acid groups (broad SMARTS) is 1. The number of anilines is 1. The van der Waals surface area contributed by atoms with E-state index in [1.165, 1.54) is 12.1 Å². The second-order valence-corrected chi connectivity index (χ2v) is 7.30. The number of carbonyl (C=O) groups excluding carboxylic acids is 2. The first-order valence-corrected chi connectivity index (χ1v) is 9.44. The lowest BCUT2D eigenvalue weighted by molar-refractivity contribution is -0.113. The van der Waals surface area contributed by atoms with Crippen LogP contribution < -0.4 is 4.90 Å². The topological polar surface area (TPSA) is 74.7 Å². The van der Waals surface area contributed by atoms with Crippen molar-refractivity contribution in [3.8, 4) is 0 Å². The van der Waals surface area contributed by atoms with Crippen molar-refractivity contribution in [3.63, 3.8) is 0 Å². The van der Waals surface area contributed by atoms with E-state index in [0.29, 0.717) is 17.2 Å². The van der Waals surface area contributed by atoms with E-state index in [-0.39, 0.29) is 10.5 Å². The maximum atomic E-state index is 12.7. The summed E-state index contributed by atoms with van der Waals surface area (Å²) in [5.74, 6) is -1.12. The molecule has 3 rings (SSSR count). The van der Waals surface area contributed by atoms with Crippen LogP contribution >= 0.6 is 11.8 Å². The number of rotatable bonds is 5. The Morgan fingerprint density at radius 3 is 2.44 bits per heavy atom. The summed E-state index contributed by atoms with van der Waals surface area (Å²) in [6.45, 7) is 4.23. The number of benzene rings is 2. The molecule has 0 aromatic heterocycles. The molecular formula is C21H19NO4S. The van der Waals surface area contributed by atoms with Crippen molar-refractivity contribution in [2.45, 2.75) is 26.2 Å². The number of amides is 2. The number of nitrogens with zero attached hydrogens (tertiary/aromatic N) is 1. The van der Waals surface area contributed by atoms with Gasteiger partial charge >= 0.3 is 5.97 Å². The normalized spacial score (nSPS) is 16.8. The quantitative estimate of drug-likeness (QED) is 0.726. The largest absolute Gasteiger partial charge is 0.478 e. The molecule has 0 aliphatic carbocycles. The molecule has 2 aromatic rings. The maximum Gasteiger partial charge on any atom is 0.336 e. The molecule has 1 saturated heterocycles. The second-order valence-electron chi connectivity index (χ2n) is 6.31. The molecule has 0 bridgehead atoms. The first-order chi connectivity index (χ1) is 12.9. The van der Waals surface area contributed by atoms with Gasteiger partial charge in [0.15, 0.2) is 0 Å². The van der Waals surface area contributed by atoms with E-state index >= 15 is 0 Å². The molecule has 1 atom stereocenters. The van der Waals surface area contributed by atoms with Gasteiger partial charge in [0, 0.05) is 0 Å². The van der Waals surface area contributed by atoms with Crippen LogP contribution in [0.3, 0.4) is 0 Å². The Kier molecular flexibility index (Phi) is 5.46. The van der Waals surface area contributed by atoms with E-state index in [2.05, 4.69) is 13.8 Å². The molecule has 1 heterocycles. The fourth-order valence-corrected chi connectivity index (χ4v) is 3.67. The molecule has 1 unspecified atom stereocenters. The smallest absolute Gasteiger partial charge is 0.336 e. The number of imide groups is 1. The van der Waals surface area contributed by atoms with Crippen LogP contribution in [0.4, 0.5) is 10.5 Å². The summed E-state index contributed by atoms with van der Waals surface area (Å²) in [7, 11) is 0. The minimum absolute atomic E-state index is 0.0854. The predicted octanol–water partition coefficient (Wildman–Crippen LogP) is 5.14. The Morgan fingerprint density at radius 1 is 1.15 bits per heavy atom. The van der Waals surface area contributed by atoms with Gasteiger partial charge in [0.05, 0.1) is 16.2 Å². The standard InChI is InChI=1S/C21H19NO4S/c1-3-13(2)14-8-10-16(11-9-14)22-19(23)18(27-21(22)26)12-15-6-4-5-7-17(15)20(24)25/h4-13H,3H2,1-2H3,(H,24,25)/b18-12+. The van der Waals surface area contributed by atoms with Gasteiger partial charge in [-0.15, -0.1) is 0 Å². The van der Waals surface area contributed by atoms with Gasteiger partial charge in [-0.05, 0) is 59.5 Å². The second kappa shape index (κ2) is 7.80. The molecule has 1 fully saturated rings. The molecule has 0 radical (unpaired) electrons. The van der Waals surface area contributed by atoms with Crippen LogP contribution in [0.5, 0.6) is 0 Å². The van der Waals surface area contributed by atoms with Gasteiger partial charge in [-0.2, -0.15) is 0 Å². The van der Waals surface area contributed by atoms with E-state index in [9.17, 15) is 19.5 Å². The van der Waals surface area contributed by atoms with Gasteiger partial charge < -0.3 is 5.11 Å². The van der Waals surface area contributed by atoms with Crippen LogP contribution in [0, 0.1) is 0 Å². The minimum atomic E-state index is -1.08. The Balaban J connectivity index is 1.91. The van der Waals surface area contributed by atoms with Crippen LogP contribution in [0.2, 0.25) is 0 Å². The predicted molar refractivity (Wildman–Crippen MR) is 107 cm³/mol. The molecular weight excluding hydrogens is 362 g/mol. The van der Waals surface area contributed by atoms with Gasteiger partial charge in [0.25, 0.3) is 11.1 Å². The number of aromatic carboxylic acids is 1. The molecule has 27 heavy (non-hydrogen) atoms. The fraction of sp³-hybridized carbons (Fsp3) is 0.190. The monoisotopic (exact) mass is 381 g/mol. The van der Waals surface area contributed by atoms with E-state index in [4.69, 9.17) is 0 Å². The van der Waals surface area contributed by atoms with Crippen molar-refractivity contribution >= 4 is 40.6 Å². The molecule has 138 valence electrons. The van der Waals surface area contributed by atoms with Gasteiger partial charge in [0.1, 0.15) is 0 Å². The SMILES string of the molecule is CCC(C)c1ccc(N2C(=O)S/C(=C/c3ccccc3C(=O)O)C2=O)cc1. The molecule has 6 heteroatoms. The summed E-state index contributed by atoms with van der Waals surface area (Å²) in [5, 5.41) is 8.89. The van der Waals surface area contributed by atoms with Crippen molar-refractivity contribution in [1.82, 2.24) is 0 Å². The average molecular weight is 381 g/mol. The molecule has 0 spiro atoms. The van der Waals surface area contributed by atoms with Gasteiger partial charge in [0.2, 0.25) is 0 Å². The third-order valence-corrected chi connectivity index (χ3v) is 5.47. The average Bonchev–Trinajstić information content (AvgIpc) is 2.95. The number of carbonyl (C=O) groups is 3. The van der Waals surface area contributed by atoms with E-state index < -0.39 is 17.1 Å². The van der Waals surface area contributed by atoms with Crippen molar-refractivity contribution in [2.24, 2.45) is 0 Å². The summed E-state index contributed by atoms with van der Waals surface area (Å²) in [5.41, 5.74) is 2.14. The molecule has 1 aliphatic heterocycles. The highest BCUT2D eigenvalue weighted by atomic mass is 32.2. The minimum Gasteiger partial charge on any atom is -0.478 e. The van der Waals surface area contributed by atoms with Gasteiger partial charge in [-0.25, -0.2) is 9.69 Å². The fourth-order valence-electron chi connectivity index (χ4n) is 2.84. The Bertz CT molecular complexity index is 933. The van der Waals surface area contributed by atoms with Crippen molar-refractivity contribution < 1.29 is 19.5 Å². The molecule has 1 aliphatic rings. The Hall–Kier alpha value is -2.86. The highest BCUT2D eigenvalue weighted by Crippen LogP contribution is 2.36. The molecule has 2 aromatic carbocycles. The highest BCUT2D eigenvalue weighted by molar-refractivity contribution is 8.19. The third-order valence-electron chi connectivity index (χ3n) is 4.60. The molecule has 0 saturated carbocycles. The zero-order chi connectivity index (χ0) is 19.6. The van der Waals surface area contributed by atoms with Crippen molar-refractivity contribution in [2.75, 3.05) is 4.90 Å². The Labute approximate surface area is 161 Å². The van der Waals surface area contributed by atoms with Crippen LogP contribution in [0.15, 0.2) is 53.4 Å².